The number of phenolic OH excluding ortho intramolecular Hbond substituents is 1. The van der Waals surface area contributed by atoms with Crippen molar-refractivity contribution in [2.45, 2.75) is 0 Å². The molecule has 1 aliphatic heterocycles. The van der Waals surface area contributed by atoms with Gasteiger partial charge in [0, 0.05) is 0 Å². The number of rotatable bonds is 3. The van der Waals surface area contributed by atoms with Gasteiger partial charge in [0.2, 0.25) is 0 Å². The Morgan fingerprint density at radius 3 is 2.29 bits per heavy atom. The average molecular weight is 384 g/mol. The van der Waals surface area contributed by atoms with Gasteiger partial charge in [0.05, 0.1) is 21.4 Å². The number of phenols is 1. The standard InChI is InChI=1S/C16H9Cl3N2O3/c17-9-6-5-8(7-10(9)18)21-15(23)13(19)14(16(21)24)20-11-3-1-2-4-12(11)22/h1-7,20,22H. The molecule has 0 saturated heterocycles. The summed E-state index contributed by atoms with van der Waals surface area (Å²) in [6.45, 7) is 0. The lowest BCUT2D eigenvalue weighted by Crippen LogP contribution is -2.32. The summed E-state index contributed by atoms with van der Waals surface area (Å²) >= 11 is 17.8. The van der Waals surface area contributed by atoms with Gasteiger partial charge >= 0.3 is 0 Å². The Balaban J connectivity index is 1.95. The fourth-order valence-corrected chi connectivity index (χ4v) is 2.69. The maximum atomic E-state index is 12.6. The van der Waals surface area contributed by atoms with Crippen LogP contribution < -0.4 is 10.2 Å². The molecule has 0 spiro atoms. The molecule has 24 heavy (non-hydrogen) atoms. The van der Waals surface area contributed by atoms with Crippen LogP contribution in [-0.4, -0.2) is 16.9 Å². The Labute approximate surface area is 152 Å². The second-order valence-electron chi connectivity index (χ2n) is 4.88. The van der Waals surface area contributed by atoms with E-state index in [9.17, 15) is 14.7 Å². The maximum Gasteiger partial charge on any atom is 0.283 e. The predicted octanol–water partition coefficient (Wildman–Crippen LogP) is 4.13. The van der Waals surface area contributed by atoms with E-state index < -0.39 is 11.8 Å². The third-order valence-electron chi connectivity index (χ3n) is 3.35. The smallest absolute Gasteiger partial charge is 0.283 e. The predicted molar refractivity (Wildman–Crippen MR) is 93.6 cm³/mol. The average Bonchev–Trinajstić information content (AvgIpc) is 2.76. The minimum Gasteiger partial charge on any atom is -0.506 e. The largest absolute Gasteiger partial charge is 0.506 e. The molecule has 2 N–H and O–H groups in total. The molecule has 2 aromatic rings. The van der Waals surface area contributed by atoms with Crippen LogP contribution in [0.25, 0.3) is 0 Å². The van der Waals surface area contributed by atoms with Crippen molar-refractivity contribution in [1.29, 1.82) is 0 Å². The highest BCUT2D eigenvalue weighted by Crippen LogP contribution is 2.34. The number of amides is 2. The lowest BCUT2D eigenvalue weighted by molar-refractivity contribution is -0.120. The molecule has 0 aliphatic carbocycles. The first kappa shape index (κ1) is 16.6. The maximum absolute atomic E-state index is 12.6. The summed E-state index contributed by atoms with van der Waals surface area (Å²) in [7, 11) is 0. The number of benzene rings is 2. The molecule has 1 heterocycles. The third-order valence-corrected chi connectivity index (χ3v) is 4.44. The number of nitrogens with zero attached hydrogens (tertiary/aromatic N) is 1. The van der Waals surface area contributed by atoms with E-state index in [1.54, 1.807) is 18.2 Å². The summed E-state index contributed by atoms with van der Waals surface area (Å²) in [5, 5.41) is 12.7. The molecule has 0 unspecified atom stereocenters. The van der Waals surface area contributed by atoms with E-state index in [1.807, 2.05) is 0 Å². The van der Waals surface area contributed by atoms with E-state index in [0.29, 0.717) is 5.02 Å². The van der Waals surface area contributed by atoms with E-state index in [2.05, 4.69) is 5.32 Å². The Morgan fingerprint density at radius 2 is 1.62 bits per heavy atom. The quantitative estimate of drug-likeness (QED) is 0.617. The van der Waals surface area contributed by atoms with Crippen molar-refractivity contribution >= 4 is 58.0 Å². The van der Waals surface area contributed by atoms with Gasteiger partial charge in [0.1, 0.15) is 16.5 Å². The summed E-state index contributed by atoms with van der Waals surface area (Å²) in [6, 6.07) is 10.6. The number of hydrogen-bond donors (Lipinski definition) is 2. The van der Waals surface area contributed by atoms with Crippen LogP contribution in [0.2, 0.25) is 10.0 Å². The first-order valence-electron chi connectivity index (χ1n) is 6.69. The molecule has 3 rings (SSSR count). The number of imide groups is 1. The SMILES string of the molecule is O=C1C(Cl)=C(Nc2ccccc2O)C(=O)N1c1ccc(Cl)c(Cl)c1. The van der Waals surface area contributed by atoms with Gasteiger partial charge in [0.25, 0.3) is 11.8 Å². The summed E-state index contributed by atoms with van der Waals surface area (Å²) in [4.78, 5) is 25.8. The van der Waals surface area contributed by atoms with Crippen LogP contribution in [-0.2, 0) is 9.59 Å². The normalized spacial score (nSPS) is 14.5. The second kappa shape index (κ2) is 6.36. The minimum absolute atomic E-state index is 0.0808. The van der Waals surface area contributed by atoms with Crippen molar-refractivity contribution < 1.29 is 14.7 Å². The van der Waals surface area contributed by atoms with Gasteiger partial charge in [-0.2, -0.15) is 0 Å². The van der Waals surface area contributed by atoms with Crippen LogP contribution in [0, 0.1) is 0 Å². The highest BCUT2D eigenvalue weighted by molar-refractivity contribution is 6.53. The lowest BCUT2D eigenvalue weighted by atomic mass is 10.2. The minimum atomic E-state index is -0.696. The second-order valence-corrected chi connectivity index (χ2v) is 6.07. The Bertz CT molecular complexity index is 896. The van der Waals surface area contributed by atoms with Gasteiger partial charge in [-0.3, -0.25) is 9.59 Å². The van der Waals surface area contributed by atoms with Crippen molar-refractivity contribution in [1.82, 2.24) is 0 Å². The summed E-state index contributed by atoms with van der Waals surface area (Å²) in [5.41, 5.74) is 0.365. The van der Waals surface area contributed by atoms with Crippen LogP contribution in [0.3, 0.4) is 0 Å². The summed E-state index contributed by atoms with van der Waals surface area (Å²) < 4.78 is 0. The fraction of sp³-hybridized carbons (Fsp3) is 0. The number of para-hydroxylation sites is 2. The number of carbonyl (C=O) groups is 2. The summed E-state index contributed by atoms with van der Waals surface area (Å²) in [5.74, 6) is -1.44. The molecule has 0 bridgehead atoms. The number of aromatic hydroxyl groups is 1. The molecule has 0 aromatic heterocycles. The summed E-state index contributed by atoms with van der Waals surface area (Å²) in [6.07, 6.45) is 0. The Morgan fingerprint density at radius 1 is 0.917 bits per heavy atom. The molecule has 0 fully saturated rings. The van der Waals surface area contributed by atoms with Crippen LogP contribution in [0.15, 0.2) is 53.2 Å². The van der Waals surface area contributed by atoms with Gasteiger partial charge in [-0.15, -0.1) is 0 Å². The third kappa shape index (κ3) is 2.82. The van der Waals surface area contributed by atoms with Crippen molar-refractivity contribution in [2.75, 3.05) is 10.2 Å². The molecule has 0 saturated carbocycles. The van der Waals surface area contributed by atoms with Crippen molar-refractivity contribution in [3.63, 3.8) is 0 Å². The lowest BCUT2D eigenvalue weighted by Gasteiger charge is -2.16. The Hall–Kier alpha value is -2.21. The molecule has 122 valence electrons. The van der Waals surface area contributed by atoms with Crippen LogP contribution in [0.1, 0.15) is 0 Å². The molecular formula is C16H9Cl3N2O3. The number of nitrogens with one attached hydrogen (secondary N) is 1. The number of halogens is 3. The van der Waals surface area contributed by atoms with Gasteiger partial charge in [0.15, 0.2) is 0 Å². The molecule has 2 amide bonds. The van der Waals surface area contributed by atoms with E-state index in [-0.39, 0.29) is 32.9 Å². The molecule has 0 atom stereocenters. The fourth-order valence-electron chi connectivity index (χ4n) is 2.18. The zero-order valence-corrected chi connectivity index (χ0v) is 14.2. The molecular weight excluding hydrogens is 375 g/mol. The molecule has 1 aliphatic rings. The van der Waals surface area contributed by atoms with E-state index in [0.717, 1.165) is 4.90 Å². The van der Waals surface area contributed by atoms with Crippen molar-refractivity contribution in [3.8, 4) is 5.75 Å². The Kier molecular flexibility index (Phi) is 4.41. The van der Waals surface area contributed by atoms with Gasteiger partial charge < -0.3 is 10.4 Å². The van der Waals surface area contributed by atoms with Gasteiger partial charge in [-0.05, 0) is 30.3 Å². The van der Waals surface area contributed by atoms with Crippen molar-refractivity contribution in [3.05, 3.63) is 63.2 Å². The number of anilines is 2. The molecule has 8 heteroatoms. The first-order chi connectivity index (χ1) is 11.4. The molecule has 0 radical (unpaired) electrons. The van der Waals surface area contributed by atoms with E-state index >= 15 is 0 Å². The topological polar surface area (TPSA) is 69.6 Å². The van der Waals surface area contributed by atoms with E-state index in [1.165, 1.54) is 24.3 Å². The van der Waals surface area contributed by atoms with Gasteiger partial charge in [-0.25, -0.2) is 4.90 Å². The van der Waals surface area contributed by atoms with Crippen molar-refractivity contribution in [2.24, 2.45) is 0 Å². The van der Waals surface area contributed by atoms with Crippen LogP contribution in [0.4, 0.5) is 11.4 Å². The van der Waals surface area contributed by atoms with Crippen LogP contribution in [0.5, 0.6) is 5.75 Å². The number of hydrogen-bond acceptors (Lipinski definition) is 4. The monoisotopic (exact) mass is 382 g/mol. The molecule has 2 aromatic carbocycles. The number of carbonyl (C=O) groups excluding carboxylic acids is 2. The zero-order valence-electron chi connectivity index (χ0n) is 11.9. The van der Waals surface area contributed by atoms with Gasteiger partial charge in [-0.1, -0.05) is 46.9 Å². The first-order valence-corrected chi connectivity index (χ1v) is 7.82. The highest BCUT2D eigenvalue weighted by atomic mass is 35.5. The van der Waals surface area contributed by atoms with Crippen LogP contribution >= 0.6 is 34.8 Å². The zero-order chi connectivity index (χ0) is 17.4. The van der Waals surface area contributed by atoms with E-state index in [4.69, 9.17) is 34.8 Å². The molecule has 5 nitrogen and oxygen atoms in total. The highest BCUT2D eigenvalue weighted by Gasteiger charge is 2.39.